The van der Waals surface area contributed by atoms with Crippen molar-refractivity contribution >= 4 is 9.76 Å². The molecule has 0 fully saturated rings. The van der Waals surface area contributed by atoms with Crippen molar-refractivity contribution in [2.75, 3.05) is 6.54 Å². The highest BCUT2D eigenvalue weighted by Gasteiger charge is 2.06. The Morgan fingerprint density at radius 3 is 2.36 bits per heavy atom. The van der Waals surface area contributed by atoms with Crippen molar-refractivity contribution < 1.29 is 4.80 Å². The van der Waals surface area contributed by atoms with Crippen LogP contribution < -0.4 is 5.32 Å². The number of nitrogens with one attached hydrogen (secondary N) is 1. The second-order valence-corrected chi connectivity index (χ2v) is 4.61. The standard InChI is InChI=1S/C8H19NOSi/c1-8(2,3)9-6-4-5-7-11-10/h9-10H,4-7H2,1-3H3. The molecule has 2 nitrogen and oxygen atoms in total. The highest BCUT2D eigenvalue weighted by Crippen LogP contribution is 1.99. The largest absolute Gasteiger partial charge is 0.432 e. The highest BCUT2D eigenvalue weighted by molar-refractivity contribution is 6.25. The van der Waals surface area contributed by atoms with Crippen LogP contribution in [0.4, 0.5) is 0 Å². The summed E-state index contributed by atoms with van der Waals surface area (Å²) in [5.74, 6) is 0. The zero-order valence-corrected chi connectivity index (χ0v) is 8.78. The zero-order chi connectivity index (χ0) is 8.74. The first-order valence-corrected chi connectivity index (χ1v) is 5.34. The van der Waals surface area contributed by atoms with E-state index in [2.05, 4.69) is 26.1 Å². The van der Waals surface area contributed by atoms with Gasteiger partial charge in [-0.15, -0.1) is 0 Å². The monoisotopic (exact) mass is 173 g/mol. The summed E-state index contributed by atoms with van der Waals surface area (Å²) in [5.41, 5.74) is 0.238. The van der Waals surface area contributed by atoms with Gasteiger partial charge in [0.05, 0.1) is 0 Å². The lowest BCUT2D eigenvalue weighted by Gasteiger charge is -2.20. The summed E-state index contributed by atoms with van der Waals surface area (Å²) in [5, 5.41) is 3.40. The topological polar surface area (TPSA) is 32.3 Å². The molecule has 66 valence electrons. The van der Waals surface area contributed by atoms with Gasteiger partial charge in [0.1, 0.15) is 0 Å². The lowest BCUT2D eigenvalue weighted by atomic mass is 10.1. The molecule has 0 aliphatic carbocycles. The average molecular weight is 173 g/mol. The van der Waals surface area contributed by atoms with E-state index in [-0.39, 0.29) is 15.3 Å². The van der Waals surface area contributed by atoms with Crippen LogP contribution in [0.2, 0.25) is 6.04 Å². The molecule has 2 N–H and O–H groups in total. The maximum Gasteiger partial charge on any atom is 0.224 e. The van der Waals surface area contributed by atoms with E-state index in [1.165, 1.54) is 6.42 Å². The fourth-order valence-corrected chi connectivity index (χ4v) is 1.20. The molecule has 0 heterocycles. The van der Waals surface area contributed by atoms with Crippen LogP contribution in [0.15, 0.2) is 0 Å². The fourth-order valence-electron chi connectivity index (χ4n) is 0.792. The summed E-state index contributed by atoms with van der Waals surface area (Å²) in [7, 11) is 0.128. The number of rotatable bonds is 5. The second-order valence-electron chi connectivity index (χ2n) is 3.79. The third-order valence-corrected chi connectivity index (χ3v) is 1.95. The van der Waals surface area contributed by atoms with Gasteiger partial charge in [-0.3, -0.25) is 0 Å². The molecule has 0 aromatic rings. The van der Waals surface area contributed by atoms with Crippen LogP contribution >= 0.6 is 0 Å². The van der Waals surface area contributed by atoms with Gasteiger partial charge in [0.2, 0.25) is 9.76 Å². The van der Waals surface area contributed by atoms with Gasteiger partial charge in [-0.2, -0.15) is 0 Å². The van der Waals surface area contributed by atoms with Gasteiger partial charge in [0, 0.05) is 5.54 Å². The second kappa shape index (κ2) is 5.74. The van der Waals surface area contributed by atoms with Gasteiger partial charge < -0.3 is 10.1 Å². The van der Waals surface area contributed by atoms with Crippen molar-refractivity contribution in [3.05, 3.63) is 0 Å². The van der Waals surface area contributed by atoms with E-state index in [0.29, 0.717) is 0 Å². The Balaban J connectivity index is 3.02. The van der Waals surface area contributed by atoms with E-state index in [0.717, 1.165) is 19.0 Å². The van der Waals surface area contributed by atoms with E-state index in [4.69, 9.17) is 4.80 Å². The molecule has 3 heteroatoms. The van der Waals surface area contributed by atoms with Crippen LogP contribution in [0.25, 0.3) is 0 Å². The molecule has 0 spiro atoms. The molecule has 0 rings (SSSR count). The summed E-state index contributed by atoms with van der Waals surface area (Å²) in [6.07, 6.45) is 2.31. The van der Waals surface area contributed by atoms with Crippen LogP contribution in [0, 0.1) is 0 Å². The smallest absolute Gasteiger partial charge is 0.224 e. The maximum atomic E-state index is 8.53. The zero-order valence-electron chi connectivity index (χ0n) is 7.78. The molecule has 0 amide bonds. The molecule has 0 aromatic heterocycles. The first-order chi connectivity index (χ1) is 5.06. The van der Waals surface area contributed by atoms with E-state index in [9.17, 15) is 0 Å². The summed E-state index contributed by atoms with van der Waals surface area (Å²) < 4.78 is 0. The van der Waals surface area contributed by atoms with Gasteiger partial charge in [0.15, 0.2) is 0 Å². The van der Waals surface area contributed by atoms with Gasteiger partial charge in [-0.05, 0) is 39.8 Å². The molecule has 0 aliphatic heterocycles. The third-order valence-electron chi connectivity index (χ3n) is 1.37. The quantitative estimate of drug-likeness (QED) is 0.483. The molecule has 11 heavy (non-hydrogen) atoms. The van der Waals surface area contributed by atoms with E-state index in [1.54, 1.807) is 0 Å². The normalized spacial score (nSPS) is 12.0. The summed E-state index contributed by atoms with van der Waals surface area (Å²) in [6, 6.07) is 0.964. The molecule has 0 aliphatic rings. The molecule has 0 atom stereocenters. The first-order valence-electron chi connectivity index (χ1n) is 4.18. The van der Waals surface area contributed by atoms with Gasteiger partial charge >= 0.3 is 0 Å². The van der Waals surface area contributed by atoms with Gasteiger partial charge in [-0.25, -0.2) is 0 Å². The number of hydrogen-bond acceptors (Lipinski definition) is 2. The van der Waals surface area contributed by atoms with Crippen molar-refractivity contribution in [3.8, 4) is 0 Å². The van der Waals surface area contributed by atoms with E-state index < -0.39 is 0 Å². The summed E-state index contributed by atoms with van der Waals surface area (Å²) in [6.45, 7) is 7.57. The molecule has 2 radical (unpaired) electrons. The minimum Gasteiger partial charge on any atom is -0.432 e. The van der Waals surface area contributed by atoms with Crippen LogP contribution in [0.3, 0.4) is 0 Å². The fraction of sp³-hybridized carbons (Fsp3) is 1.00. The van der Waals surface area contributed by atoms with Gasteiger partial charge in [-0.1, -0.05) is 6.42 Å². The molecular weight excluding hydrogens is 154 g/mol. The minimum atomic E-state index is 0.128. The van der Waals surface area contributed by atoms with Gasteiger partial charge in [0.25, 0.3) is 0 Å². The first kappa shape index (κ1) is 11.1. The Hall–Kier alpha value is 0.137. The van der Waals surface area contributed by atoms with Crippen molar-refractivity contribution in [1.82, 2.24) is 5.32 Å². The van der Waals surface area contributed by atoms with Crippen LogP contribution in [0.5, 0.6) is 0 Å². The Kier molecular flexibility index (Phi) is 5.82. The van der Waals surface area contributed by atoms with Crippen LogP contribution in [0.1, 0.15) is 33.6 Å². The molecule has 0 saturated heterocycles. The molecule has 0 aromatic carbocycles. The predicted molar refractivity (Wildman–Crippen MR) is 49.8 cm³/mol. The summed E-state index contributed by atoms with van der Waals surface area (Å²) >= 11 is 0. The van der Waals surface area contributed by atoms with E-state index in [1.807, 2.05) is 0 Å². The van der Waals surface area contributed by atoms with Crippen molar-refractivity contribution in [3.63, 3.8) is 0 Å². The average Bonchev–Trinajstić information content (AvgIpc) is 1.85. The Morgan fingerprint density at radius 1 is 1.27 bits per heavy atom. The molecule has 0 saturated carbocycles. The molecular formula is C8H19NOSi. The Morgan fingerprint density at radius 2 is 1.91 bits per heavy atom. The SMILES string of the molecule is CC(C)(C)NCCCC[Si]O. The lowest BCUT2D eigenvalue weighted by Crippen LogP contribution is -2.36. The molecule has 0 bridgehead atoms. The minimum absolute atomic E-state index is 0.128. The van der Waals surface area contributed by atoms with Crippen LogP contribution in [-0.2, 0) is 0 Å². The predicted octanol–water partition coefficient (Wildman–Crippen LogP) is 1.18. The number of hydrogen-bond donors (Lipinski definition) is 2. The third kappa shape index (κ3) is 10.1. The summed E-state index contributed by atoms with van der Waals surface area (Å²) in [4.78, 5) is 8.53. The maximum absolute atomic E-state index is 8.53. The lowest BCUT2D eigenvalue weighted by molar-refractivity contribution is 0.420. The Bertz CT molecular complexity index is 90.6. The highest BCUT2D eigenvalue weighted by atomic mass is 28.2. The van der Waals surface area contributed by atoms with E-state index >= 15 is 0 Å². The number of unbranched alkanes of at least 4 members (excludes halogenated alkanes) is 1. The van der Waals surface area contributed by atoms with Crippen molar-refractivity contribution in [2.45, 2.75) is 45.2 Å². The van der Waals surface area contributed by atoms with Crippen LogP contribution in [-0.4, -0.2) is 26.6 Å². The molecule has 0 unspecified atom stereocenters. The Labute approximate surface area is 72.3 Å². The van der Waals surface area contributed by atoms with Crippen molar-refractivity contribution in [2.24, 2.45) is 0 Å². The van der Waals surface area contributed by atoms with Crippen molar-refractivity contribution in [1.29, 1.82) is 0 Å².